The Hall–Kier alpha value is -3.47. The standard InChI is InChI=1S/C23H22N2O3/c1-3-28-19-12-8-16(9-13-19)22-24-21-7-5-4-6-20(21)23(26)25(22)17-10-14-18(27-2)15-11-17/h4-15,22,24H,3H2,1-2H3/t22-/m0/s1. The molecule has 0 fully saturated rings. The monoisotopic (exact) mass is 374 g/mol. The number of hydrogen-bond acceptors (Lipinski definition) is 4. The van der Waals surface area contributed by atoms with Gasteiger partial charge in [0.05, 0.1) is 19.3 Å². The molecule has 0 bridgehead atoms. The van der Waals surface area contributed by atoms with Crippen molar-refractivity contribution in [2.45, 2.75) is 13.1 Å². The minimum Gasteiger partial charge on any atom is -0.497 e. The van der Waals surface area contributed by atoms with E-state index in [-0.39, 0.29) is 12.1 Å². The molecule has 3 aromatic rings. The van der Waals surface area contributed by atoms with Crippen molar-refractivity contribution in [3.8, 4) is 11.5 Å². The Morgan fingerprint density at radius 1 is 0.929 bits per heavy atom. The molecule has 1 amide bonds. The van der Waals surface area contributed by atoms with Gasteiger partial charge in [-0.25, -0.2) is 0 Å². The van der Waals surface area contributed by atoms with E-state index in [9.17, 15) is 4.79 Å². The molecule has 0 spiro atoms. The lowest BCUT2D eigenvalue weighted by atomic mass is 10.0. The average molecular weight is 374 g/mol. The van der Waals surface area contributed by atoms with Gasteiger partial charge in [-0.1, -0.05) is 24.3 Å². The van der Waals surface area contributed by atoms with Crippen LogP contribution in [0.1, 0.15) is 29.0 Å². The van der Waals surface area contributed by atoms with E-state index in [1.165, 1.54) is 0 Å². The van der Waals surface area contributed by atoms with Crippen LogP contribution < -0.4 is 19.7 Å². The second-order valence-corrected chi connectivity index (χ2v) is 6.47. The average Bonchev–Trinajstić information content (AvgIpc) is 2.75. The first-order chi connectivity index (χ1) is 13.7. The van der Waals surface area contributed by atoms with Crippen molar-refractivity contribution in [1.82, 2.24) is 0 Å². The van der Waals surface area contributed by atoms with Gasteiger partial charge in [-0.3, -0.25) is 9.69 Å². The summed E-state index contributed by atoms with van der Waals surface area (Å²) in [7, 11) is 1.63. The van der Waals surface area contributed by atoms with Gasteiger partial charge >= 0.3 is 0 Å². The van der Waals surface area contributed by atoms with Crippen molar-refractivity contribution in [3.63, 3.8) is 0 Å². The number of nitrogens with one attached hydrogen (secondary N) is 1. The fourth-order valence-electron chi connectivity index (χ4n) is 3.41. The van der Waals surface area contributed by atoms with Gasteiger partial charge in [0.15, 0.2) is 0 Å². The number of amides is 1. The summed E-state index contributed by atoms with van der Waals surface area (Å²) in [4.78, 5) is 15.1. The Balaban J connectivity index is 1.77. The number of para-hydroxylation sites is 1. The van der Waals surface area contributed by atoms with Crippen LogP contribution in [-0.4, -0.2) is 19.6 Å². The number of benzene rings is 3. The third-order valence-electron chi connectivity index (χ3n) is 4.78. The van der Waals surface area contributed by atoms with Gasteiger partial charge in [-0.05, 0) is 61.0 Å². The van der Waals surface area contributed by atoms with Crippen LogP contribution in [0.4, 0.5) is 11.4 Å². The molecule has 0 radical (unpaired) electrons. The van der Waals surface area contributed by atoms with Crippen molar-refractivity contribution in [3.05, 3.63) is 83.9 Å². The van der Waals surface area contributed by atoms with Gasteiger partial charge in [0.2, 0.25) is 0 Å². The minimum atomic E-state index is -0.327. The number of rotatable bonds is 5. The fraction of sp³-hybridized carbons (Fsp3) is 0.174. The molecule has 0 aromatic heterocycles. The van der Waals surface area contributed by atoms with Gasteiger partial charge in [-0.15, -0.1) is 0 Å². The molecule has 0 saturated heterocycles. The topological polar surface area (TPSA) is 50.8 Å². The van der Waals surface area contributed by atoms with E-state index in [0.717, 1.165) is 28.4 Å². The van der Waals surface area contributed by atoms with Crippen molar-refractivity contribution in [2.24, 2.45) is 0 Å². The number of methoxy groups -OCH3 is 1. The summed E-state index contributed by atoms with van der Waals surface area (Å²) < 4.78 is 10.8. The van der Waals surface area contributed by atoms with Gasteiger partial charge in [0.25, 0.3) is 5.91 Å². The van der Waals surface area contributed by atoms with Crippen LogP contribution in [0.3, 0.4) is 0 Å². The van der Waals surface area contributed by atoms with Crippen LogP contribution in [0, 0.1) is 0 Å². The highest BCUT2D eigenvalue weighted by Gasteiger charge is 2.33. The summed E-state index contributed by atoms with van der Waals surface area (Å²) in [6.45, 7) is 2.57. The van der Waals surface area contributed by atoms with Crippen LogP contribution in [0.15, 0.2) is 72.8 Å². The molecule has 3 aromatic carbocycles. The van der Waals surface area contributed by atoms with Gasteiger partial charge < -0.3 is 14.8 Å². The van der Waals surface area contributed by atoms with E-state index in [4.69, 9.17) is 9.47 Å². The molecule has 1 N–H and O–H groups in total. The summed E-state index contributed by atoms with van der Waals surface area (Å²) >= 11 is 0. The van der Waals surface area contributed by atoms with E-state index in [1.807, 2.05) is 79.7 Å². The zero-order chi connectivity index (χ0) is 19.5. The molecular weight excluding hydrogens is 352 g/mol. The van der Waals surface area contributed by atoms with E-state index in [1.54, 1.807) is 12.0 Å². The zero-order valence-corrected chi connectivity index (χ0v) is 15.9. The van der Waals surface area contributed by atoms with Crippen molar-refractivity contribution in [1.29, 1.82) is 0 Å². The maximum absolute atomic E-state index is 13.4. The number of nitrogens with zero attached hydrogens (tertiary/aromatic N) is 1. The van der Waals surface area contributed by atoms with Crippen molar-refractivity contribution >= 4 is 17.3 Å². The van der Waals surface area contributed by atoms with Crippen LogP contribution in [0.5, 0.6) is 11.5 Å². The molecule has 0 saturated carbocycles. The minimum absolute atomic E-state index is 0.0431. The lowest BCUT2D eigenvalue weighted by Gasteiger charge is -2.38. The number of fused-ring (bicyclic) bond motifs is 1. The molecular formula is C23H22N2O3. The molecule has 1 heterocycles. The highest BCUT2D eigenvalue weighted by atomic mass is 16.5. The summed E-state index contributed by atoms with van der Waals surface area (Å²) in [5.74, 6) is 1.52. The summed E-state index contributed by atoms with van der Waals surface area (Å²) in [6.07, 6.45) is -0.327. The van der Waals surface area contributed by atoms with Crippen LogP contribution in [0.25, 0.3) is 0 Å². The van der Waals surface area contributed by atoms with E-state index >= 15 is 0 Å². The molecule has 5 heteroatoms. The maximum Gasteiger partial charge on any atom is 0.262 e. The highest BCUT2D eigenvalue weighted by Crippen LogP contribution is 2.37. The summed E-state index contributed by atoms with van der Waals surface area (Å²) in [5.41, 5.74) is 3.26. The largest absolute Gasteiger partial charge is 0.497 e. The molecule has 0 aliphatic carbocycles. The van der Waals surface area contributed by atoms with Crippen LogP contribution in [-0.2, 0) is 0 Å². The summed E-state index contributed by atoms with van der Waals surface area (Å²) in [6, 6.07) is 22.9. The highest BCUT2D eigenvalue weighted by molar-refractivity contribution is 6.12. The van der Waals surface area contributed by atoms with Crippen LogP contribution >= 0.6 is 0 Å². The second kappa shape index (κ2) is 7.64. The lowest BCUT2D eigenvalue weighted by molar-refractivity contribution is 0.0975. The Morgan fingerprint density at radius 2 is 1.61 bits per heavy atom. The quantitative estimate of drug-likeness (QED) is 0.693. The first kappa shape index (κ1) is 17.9. The van der Waals surface area contributed by atoms with Gasteiger partial charge in [0.1, 0.15) is 17.7 Å². The second-order valence-electron chi connectivity index (χ2n) is 6.47. The normalized spacial score (nSPS) is 15.6. The molecule has 142 valence electrons. The van der Waals surface area contributed by atoms with Crippen LogP contribution in [0.2, 0.25) is 0 Å². The zero-order valence-electron chi connectivity index (χ0n) is 15.9. The third-order valence-corrected chi connectivity index (χ3v) is 4.78. The SMILES string of the molecule is CCOc1ccc([C@H]2Nc3ccccc3C(=O)N2c2ccc(OC)cc2)cc1. The first-order valence-corrected chi connectivity index (χ1v) is 9.27. The molecule has 0 unspecified atom stereocenters. The van der Waals surface area contributed by atoms with E-state index in [2.05, 4.69) is 5.32 Å². The van der Waals surface area contributed by atoms with E-state index in [0.29, 0.717) is 12.2 Å². The Bertz CT molecular complexity index is 968. The maximum atomic E-state index is 13.4. The predicted octanol–water partition coefficient (Wildman–Crippen LogP) is 4.87. The molecule has 1 aliphatic heterocycles. The smallest absolute Gasteiger partial charge is 0.262 e. The number of ether oxygens (including phenoxy) is 2. The number of carbonyl (C=O) groups excluding carboxylic acids is 1. The molecule has 1 atom stereocenters. The fourth-order valence-corrected chi connectivity index (χ4v) is 3.41. The molecule has 28 heavy (non-hydrogen) atoms. The van der Waals surface area contributed by atoms with Crippen molar-refractivity contribution < 1.29 is 14.3 Å². The Kier molecular flexibility index (Phi) is 4.89. The molecule has 5 nitrogen and oxygen atoms in total. The molecule has 4 rings (SSSR count). The Morgan fingerprint density at radius 3 is 2.29 bits per heavy atom. The predicted molar refractivity (Wildman–Crippen MR) is 110 cm³/mol. The number of hydrogen-bond donors (Lipinski definition) is 1. The number of anilines is 2. The van der Waals surface area contributed by atoms with Crippen molar-refractivity contribution in [2.75, 3.05) is 23.9 Å². The first-order valence-electron chi connectivity index (χ1n) is 9.27. The third kappa shape index (κ3) is 3.27. The van der Waals surface area contributed by atoms with Gasteiger partial charge in [0, 0.05) is 11.4 Å². The molecule has 1 aliphatic rings. The lowest BCUT2D eigenvalue weighted by Crippen LogP contribution is -2.43. The summed E-state index contributed by atoms with van der Waals surface area (Å²) in [5, 5.41) is 3.51. The Labute approximate surface area is 164 Å². The van der Waals surface area contributed by atoms with E-state index < -0.39 is 0 Å². The van der Waals surface area contributed by atoms with Gasteiger partial charge in [-0.2, -0.15) is 0 Å². The number of carbonyl (C=O) groups is 1.